The van der Waals surface area contributed by atoms with E-state index in [0.717, 1.165) is 10.6 Å². The molecule has 1 amide bonds. The summed E-state index contributed by atoms with van der Waals surface area (Å²) in [5.74, 6) is 0.204. The van der Waals surface area contributed by atoms with E-state index < -0.39 is 0 Å². The standard InChI is InChI=1S/C13H13ClN2O2S/c1-8-7-12(18-16-8)15-13(17)9(2)19-11-6-4-3-5-10(11)14/h3-7,9H,1-2H3,(H,15,17). The maximum Gasteiger partial charge on any atom is 0.239 e. The monoisotopic (exact) mass is 296 g/mol. The molecule has 0 aliphatic heterocycles. The molecule has 2 aromatic rings. The number of hydrogen-bond acceptors (Lipinski definition) is 4. The molecule has 0 spiro atoms. The average molecular weight is 297 g/mol. The van der Waals surface area contributed by atoms with Crippen LogP contribution in [-0.2, 0) is 4.79 Å². The lowest BCUT2D eigenvalue weighted by Gasteiger charge is -2.11. The molecule has 0 saturated heterocycles. The second-order valence-electron chi connectivity index (χ2n) is 4.01. The first-order valence-corrected chi connectivity index (χ1v) is 6.97. The van der Waals surface area contributed by atoms with Crippen LogP contribution >= 0.6 is 23.4 Å². The molecule has 0 saturated carbocycles. The number of amides is 1. The second-order valence-corrected chi connectivity index (χ2v) is 5.80. The van der Waals surface area contributed by atoms with Gasteiger partial charge in [0.2, 0.25) is 11.8 Å². The maximum atomic E-state index is 12.0. The minimum absolute atomic E-state index is 0.152. The number of benzene rings is 1. The van der Waals surface area contributed by atoms with Gasteiger partial charge in [0.15, 0.2) is 0 Å². The molecule has 1 aromatic heterocycles. The van der Waals surface area contributed by atoms with Gasteiger partial charge in [0.1, 0.15) is 0 Å². The summed E-state index contributed by atoms with van der Waals surface area (Å²) in [4.78, 5) is 12.9. The third-order valence-electron chi connectivity index (χ3n) is 2.38. The lowest BCUT2D eigenvalue weighted by molar-refractivity contribution is -0.115. The topological polar surface area (TPSA) is 55.1 Å². The molecule has 1 atom stereocenters. The Bertz CT molecular complexity index is 586. The molecule has 1 aromatic carbocycles. The number of nitrogens with zero attached hydrogens (tertiary/aromatic N) is 1. The van der Waals surface area contributed by atoms with Gasteiger partial charge in [0.05, 0.1) is 16.0 Å². The molecule has 0 aliphatic carbocycles. The normalized spacial score (nSPS) is 12.2. The van der Waals surface area contributed by atoms with Crippen LogP contribution < -0.4 is 5.32 Å². The first kappa shape index (κ1) is 14.0. The Morgan fingerprint density at radius 1 is 1.47 bits per heavy atom. The Morgan fingerprint density at radius 2 is 2.21 bits per heavy atom. The van der Waals surface area contributed by atoms with Crippen LogP contribution in [0.5, 0.6) is 0 Å². The number of thioether (sulfide) groups is 1. The summed E-state index contributed by atoms with van der Waals surface area (Å²) >= 11 is 7.45. The van der Waals surface area contributed by atoms with Gasteiger partial charge in [0, 0.05) is 11.0 Å². The second kappa shape index (κ2) is 6.12. The molecule has 0 aliphatic rings. The van der Waals surface area contributed by atoms with Gasteiger partial charge in [-0.15, -0.1) is 11.8 Å². The molecule has 2 rings (SSSR count). The largest absolute Gasteiger partial charge is 0.338 e. The average Bonchev–Trinajstić information content (AvgIpc) is 2.77. The summed E-state index contributed by atoms with van der Waals surface area (Å²) in [6, 6.07) is 9.10. The third-order valence-corrected chi connectivity index (χ3v) is 4.00. The molecule has 4 nitrogen and oxygen atoms in total. The van der Waals surface area contributed by atoms with Crippen molar-refractivity contribution < 1.29 is 9.32 Å². The molecule has 100 valence electrons. The molecule has 1 N–H and O–H groups in total. The van der Waals surface area contributed by atoms with Crippen molar-refractivity contribution in [2.45, 2.75) is 24.0 Å². The van der Waals surface area contributed by atoms with Gasteiger partial charge in [-0.3, -0.25) is 10.1 Å². The summed E-state index contributed by atoms with van der Waals surface area (Å²) < 4.78 is 4.94. The van der Waals surface area contributed by atoms with E-state index in [1.807, 2.05) is 25.1 Å². The van der Waals surface area contributed by atoms with Crippen LogP contribution in [0.1, 0.15) is 12.6 Å². The Hall–Kier alpha value is -1.46. The van der Waals surface area contributed by atoms with E-state index in [0.29, 0.717) is 10.9 Å². The molecule has 1 unspecified atom stereocenters. The first-order chi connectivity index (χ1) is 9.06. The highest BCUT2D eigenvalue weighted by Gasteiger charge is 2.17. The van der Waals surface area contributed by atoms with E-state index >= 15 is 0 Å². The zero-order valence-electron chi connectivity index (χ0n) is 10.5. The van der Waals surface area contributed by atoms with Crippen LogP contribution in [0.4, 0.5) is 5.88 Å². The SMILES string of the molecule is Cc1cc(NC(=O)C(C)Sc2ccccc2Cl)on1. The molecule has 6 heteroatoms. The van der Waals surface area contributed by atoms with Crippen molar-refractivity contribution in [2.24, 2.45) is 0 Å². The number of aromatic nitrogens is 1. The first-order valence-electron chi connectivity index (χ1n) is 5.71. The van der Waals surface area contributed by atoms with Crippen LogP contribution in [0.2, 0.25) is 5.02 Å². The van der Waals surface area contributed by atoms with Crippen LogP contribution in [0.25, 0.3) is 0 Å². The van der Waals surface area contributed by atoms with E-state index in [1.165, 1.54) is 11.8 Å². The summed E-state index contributed by atoms with van der Waals surface area (Å²) in [5, 5.41) is 6.73. The zero-order valence-corrected chi connectivity index (χ0v) is 12.1. The van der Waals surface area contributed by atoms with Crippen LogP contribution in [0.15, 0.2) is 39.8 Å². The molecule has 0 radical (unpaired) electrons. The van der Waals surface area contributed by atoms with Crippen molar-refractivity contribution in [2.75, 3.05) is 5.32 Å². The molecule has 19 heavy (non-hydrogen) atoms. The van der Waals surface area contributed by atoms with Crippen molar-refractivity contribution in [1.82, 2.24) is 5.16 Å². The van der Waals surface area contributed by atoms with E-state index in [-0.39, 0.29) is 11.2 Å². The number of halogens is 1. The van der Waals surface area contributed by atoms with Gasteiger partial charge in [-0.25, -0.2) is 0 Å². The van der Waals surface area contributed by atoms with Crippen molar-refractivity contribution >= 4 is 35.2 Å². The Kier molecular flexibility index (Phi) is 4.50. The maximum absolute atomic E-state index is 12.0. The zero-order chi connectivity index (χ0) is 13.8. The van der Waals surface area contributed by atoms with Crippen molar-refractivity contribution in [1.29, 1.82) is 0 Å². The fourth-order valence-electron chi connectivity index (χ4n) is 1.43. The number of aryl methyl sites for hydroxylation is 1. The van der Waals surface area contributed by atoms with Crippen LogP contribution in [-0.4, -0.2) is 16.3 Å². The fraction of sp³-hybridized carbons (Fsp3) is 0.231. The van der Waals surface area contributed by atoms with Crippen molar-refractivity contribution in [3.05, 3.63) is 41.0 Å². The Balaban J connectivity index is 1.98. The van der Waals surface area contributed by atoms with E-state index in [2.05, 4.69) is 10.5 Å². The van der Waals surface area contributed by atoms with Crippen LogP contribution in [0, 0.1) is 6.92 Å². The van der Waals surface area contributed by atoms with Gasteiger partial charge >= 0.3 is 0 Å². The lowest BCUT2D eigenvalue weighted by Crippen LogP contribution is -2.22. The van der Waals surface area contributed by atoms with E-state index in [4.69, 9.17) is 16.1 Å². The number of nitrogens with one attached hydrogen (secondary N) is 1. The van der Waals surface area contributed by atoms with Gasteiger partial charge in [-0.1, -0.05) is 28.9 Å². The molecular weight excluding hydrogens is 284 g/mol. The van der Waals surface area contributed by atoms with Gasteiger partial charge in [0.25, 0.3) is 0 Å². The van der Waals surface area contributed by atoms with E-state index in [1.54, 1.807) is 19.1 Å². The van der Waals surface area contributed by atoms with Gasteiger partial charge in [-0.05, 0) is 26.0 Å². The minimum Gasteiger partial charge on any atom is -0.338 e. The minimum atomic E-state index is -0.287. The van der Waals surface area contributed by atoms with Crippen molar-refractivity contribution in [3.8, 4) is 0 Å². The summed E-state index contributed by atoms with van der Waals surface area (Å²) in [6.45, 7) is 3.60. The fourth-order valence-corrected chi connectivity index (χ4v) is 2.58. The lowest BCUT2D eigenvalue weighted by atomic mass is 10.4. The van der Waals surface area contributed by atoms with E-state index in [9.17, 15) is 4.79 Å². The highest BCUT2D eigenvalue weighted by atomic mass is 35.5. The predicted molar refractivity (Wildman–Crippen MR) is 76.6 cm³/mol. The highest BCUT2D eigenvalue weighted by molar-refractivity contribution is 8.00. The highest BCUT2D eigenvalue weighted by Crippen LogP contribution is 2.30. The summed E-state index contributed by atoms with van der Waals surface area (Å²) in [5.41, 5.74) is 0.724. The molecule has 0 bridgehead atoms. The number of rotatable bonds is 4. The summed E-state index contributed by atoms with van der Waals surface area (Å²) in [7, 11) is 0. The Labute approximate surface area is 120 Å². The third kappa shape index (κ3) is 3.75. The van der Waals surface area contributed by atoms with Crippen molar-refractivity contribution in [3.63, 3.8) is 0 Å². The number of carbonyl (C=O) groups excluding carboxylic acids is 1. The number of carbonyl (C=O) groups is 1. The number of hydrogen-bond donors (Lipinski definition) is 1. The molecule has 1 heterocycles. The smallest absolute Gasteiger partial charge is 0.239 e. The van der Waals surface area contributed by atoms with Crippen LogP contribution in [0.3, 0.4) is 0 Å². The molecular formula is C13H13ClN2O2S. The summed E-state index contributed by atoms with van der Waals surface area (Å²) in [6.07, 6.45) is 0. The Morgan fingerprint density at radius 3 is 2.84 bits per heavy atom. The quantitative estimate of drug-likeness (QED) is 0.873. The predicted octanol–water partition coefficient (Wildman–Crippen LogP) is 3.76. The molecule has 0 fully saturated rings. The van der Waals surface area contributed by atoms with Gasteiger partial charge in [-0.2, -0.15) is 0 Å². The number of anilines is 1. The van der Waals surface area contributed by atoms with Gasteiger partial charge < -0.3 is 4.52 Å².